The minimum absolute atomic E-state index is 0.0686. The van der Waals surface area contributed by atoms with Crippen LogP contribution in [-0.4, -0.2) is 28.6 Å². The molecule has 2 aromatic heterocycles. The second-order valence-corrected chi connectivity index (χ2v) is 7.23. The number of carbonyl (C=O) groups is 1. The van der Waals surface area contributed by atoms with Crippen molar-refractivity contribution in [1.29, 1.82) is 0 Å². The lowest BCUT2D eigenvalue weighted by Crippen LogP contribution is -2.31. The lowest BCUT2D eigenvalue weighted by atomic mass is 10.0. The molecule has 6 nitrogen and oxygen atoms in total. The van der Waals surface area contributed by atoms with Gasteiger partial charge < -0.3 is 14.7 Å². The van der Waals surface area contributed by atoms with Gasteiger partial charge in [-0.15, -0.1) is 0 Å². The maximum Gasteiger partial charge on any atom is 0.251 e. The van der Waals surface area contributed by atoms with E-state index in [1.807, 2.05) is 0 Å². The molecule has 1 amide bonds. The van der Waals surface area contributed by atoms with E-state index in [9.17, 15) is 9.18 Å². The van der Waals surface area contributed by atoms with Gasteiger partial charge in [0.1, 0.15) is 23.1 Å². The fourth-order valence-electron chi connectivity index (χ4n) is 3.50. The van der Waals surface area contributed by atoms with E-state index < -0.39 is 0 Å². The molecule has 0 unspecified atom stereocenters. The van der Waals surface area contributed by atoms with Crippen molar-refractivity contribution in [3.8, 4) is 11.3 Å². The SMILES string of the molecule is O=C(NC1CC1)c1ccnc(N2CCc3onc(-c4ccccc4F)c3C2)c1. The van der Waals surface area contributed by atoms with Gasteiger partial charge in [-0.25, -0.2) is 9.37 Å². The van der Waals surface area contributed by atoms with Crippen molar-refractivity contribution in [2.45, 2.75) is 31.8 Å². The van der Waals surface area contributed by atoms with Crippen molar-refractivity contribution in [3.63, 3.8) is 0 Å². The Morgan fingerprint density at radius 2 is 2.11 bits per heavy atom. The topological polar surface area (TPSA) is 71.3 Å². The zero-order valence-electron chi connectivity index (χ0n) is 15.2. The molecule has 1 fully saturated rings. The third kappa shape index (κ3) is 3.13. The number of amides is 1. The zero-order chi connectivity index (χ0) is 19.1. The highest BCUT2D eigenvalue weighted by atomic mass is 19.1. The summed E-state index contributed by atoms with van der Waals surface area (Å²) in [6.07, 6.45) is 4.39. The van der Waals surface area contributed by atoms with Gasteiger partial charge >= 0.3 is 0 Å². The number of rotatable bonds is 4. The van der Waals surface area contributed by atoms with Gasteiger partial charge in [0.15, 0.2) is 0 Å². The van der Waals surface area contributed by atoms with Gasteiger partial charge in [-0.1, -0.05) is 17.3 Å². The molecule has 0 spiro atoms. The number of nitrogens with zero attached hydrogens (tertiary/aromatic N) is 3. The molecule has 142 valence electrons. The number of carbonyl (C=O) groups excluding carboxylic acids is 1. The molecular formula is C21H19FN4O2. The quantitative estimate of drug-likeness (QED) is 0.754. The van der Waals surface area contributed by atoms with Gasteiger partial charge in [0.2, 0.25) is 0 Å². The molecule has 0 radical (unpaired) electrons. The average Bonchev–Trinajstić information content (AvgIpc) is 3.44. The van der Waals surface area contributed by atoms with E-state index in [-0.39, 0.29) is 11.7 Å². The van der Waals surface area contributed by atoms with E-state index in [4.69, 9.17) is 4.52 Å². The monoisotopic (exact) mass is 378 g/mol. The number of anilines is 1. The summed E-state index contributed by atoms with van der Waals surface area (Å²) in [7, 11) is 0. The summed E-state index contributed by atoms with van der Waals surface area (Å²) in [6, 6.07) is 10.4. The van der Waals surface area contributed by atoms with Crippen LogP contribution in [0.1, 0.15) is 34.5 Å². The number of hydrogen-bond acceptors (Lipinski definition) is 5. The lowest BCUT2D eigenvalue weighted by molar-refractivity contribution is 0.0951. The molecule has 5 rings (SSSR count). The first-order valence-electron chi connectivity index (χ1n) is 9.43. The van der Waals surface area contributed by atoms with E-state index in [0.29, 0.717) is 42.4 Å². The maximum atomic E-state index is 14.2. The Balaban J connectivity index is 1.42. The van der Waals surface area contributed by atoms with Crippen LogP contribution in [0.4, 0.5) is 10.2 Å². The minimum atomic E-state index is -0.326. The molecule has 1 N–H and O–H groups in total. The Morgan fingerprint density at radius 1 is 1.25 bits per heavy atom. The fraction of sp³-hybridized carbons (Fsp3) is 0.286. The molecular weight excluding hydrogens is 359 g/mol. The Morgan fingerprint density at radius 3 is 2.93 bits per heavy atom. The molecule has 1 saturated carbocycles. The zero-order valence-corrected chi connectivity index (χ0v) is 15.2. The average molecular weight is 378 g/mol. The Kier molecular flexibility index (Phi) is 4.07. The maximum absolute atomic E-state index is 14.2. The summed E-state index contributed by atoms with van der Waals surface area (Å²) in [5.41, 5.74) is 2.42. The lowest BCUT2D eigenvalue weighted by Gasteiger charge is -2.27. The van der Waals surface area contributed by atoms with Crippen LogP contribution in [0.15, 0.2) is 47.1 Å². The van der Waals surface area contributed by atoms with Crippen LogP contribution in [0.25, 0.3) is 11.3 Å². The van der Waals surface area contributed by atoms with E-state index in [2.05, 4.69) is 20.4 Å². The molecule has 0 saturated heterocycles. The standard InChI is InChI=1S/C21H19FN4O2/c22-17-4-2-1-3-15(17)20-16-12-26(10-8-18(16)28-25-20)19-11-13(7-9-23-19)21(27)24-14-5-6-14/h1-4,7,9,11,14H,5-6,8,10,12H2,(H,24,27). The molecule has 3 heterocycles. The Labute approximate surface area is 161 Å². The number of aromatic nitrogens is 2. The molecule has 1 aliphatic heterocycles. The summed E-state index contributed by atoms with van der Waals surface area (Å²) in [5.74, 6) is 1.10. The first-order valence-corrected chi connectivity index (χ1v) is 9.43. The number of nitrogens with one attached hydrogen (secondary N) is 1. The normalized spacial score (nSPS) is 16.0. The first-order chi connectivity index (χ1) is 13.7. The molecule has 7 heteroatoms. The third-order valence-corrected chi connectivity index (χ3v) is 5.20. The van der Waals surface area contributed by atoms with Gasteiger partial charge in [-0.2, -0.15) is 0 Å². The predicted octanol–water partition coefficient (Wildman–Crippen LogP) is 3.33. The summed E-state index contributed by atoms with van der Waals surface area (Å²) in [5, 5.41) is 7.11. The molecule has 1 aliphatic carbocycles. The molecule has 1 aromatic carbocycles. The van der Waals surface area contributed by atoms with Crippen molar-refractivity contribution in [3.05, 3.63) is 65.3 Å². The predicted molar refractivity (Wildman–Crippen MR) is 101 cm³/mol. The number of benzene rings is 1. The van der Waals surface area contributed by atoms with Crippen LogP contribution in [0.5, 0.6) is 0 Å². The minimum Gasteiger partial charge on any atom is -0.360 e. The highest BCUT2D eigenvalue weighted by molar-refractivity contribution is 5.95. The van der Waals surface area contributed by atoms with Crippen LogP contribution in [-0.2, 0) is 13.0 Å². The van der Waals surface area contributed by atoms with Gasteiger partial charge in [0, 0.05) is 41.9 Å². The van der Waals surface area contributed by atoms with E-state index in [0.717, 1.165) is 30.0 Å². The second kappa shape index (κ2) is 6.74. The largest absolute Gasteiger partial charge is 0.360 e. The number of fused-ring (bicyclic) bond motifs is 1. The van der Waals surface area contributed by atoms with Gasteiger partial charge in [0.25, 0.3) is 5.91 Å². The number of halogens is 1. The summed E-state index contributed by atoms with van der Waals surface area (Å²) >= 11 is 0. The van der Waals surface area contributed by atoms with Crippen LogP contribution >= 0.6 is 0 Å². The first kappa shape index (κ1) is 16.9. The van der Waals surface area contributed by atoms with Gasteiger partial charge in [-0.3, -0.25) is 4.79 Å². The van der Waals surface area contributed by atoms with Crippen LogP contribution in [0, 0.1) is 5.82 Å². The van der Waals surface area contributed by atoms with E-state index in [1.165, 1.54) is 6.07 Å². The summed E-state index contributed by atoms with van der Waals surface area (Å²) < 4.78 is 19.7. The summed E-state index contributed by atoms with van der Waals surface area (Å²) in [6.45, 7) is 1.20. The highest BCUT2D eigenvalue weighted by Gasteiger charge is 2.28. The van der Waals surface area contributed by atoms with E-state index >= 15 is 0 Å². The summed E-state index contributed by atoms with van der Waals surface area (Å²) in [4.78, 5) is 18.8. The number of pyridine rings is 1. The van der Waals surface area contributed by atoms with Crippen LogP contribution in [0.3, 0.4) is 0 Å². The van der Waals surface area contributed by atoms with Gasteiger partial charge in [-0.05, 0) is 37.1 Å². The van der Waals surface area contributed by atoms with Crippen molar-refractivity contribution >= 4 is 11.7 Å². The Bertz CT molecular complexity index is 1040. The highest BCUT2D eigenvalue weighted by Crippen LogP contribution is 2.32. The van der Waals surface area contributed by atoms with Crippen molar-refractivity contribution in [1.82, 2.24) is 15.5 Å². The fourth-order valence-corrected chi connectivity index (χ4v) is 3.50. The molecule has 3 aromatic rings. The van der Waals surface area contributed by atoms with Crippen molar-refractivity contribution < 1.29 is 13.7 Å². The van der Waals surface area contributed by atoms with Gasteiger partial charge in [0.05, 0.1) is 6.54 Å². The molecule has 28 heavy (non-hydrogen) atoms. The number of hydrogen-bond donors (Lipinski definition) is 1. The molecule has 0 bridgehead atoms. The smallest absolute Gasteiger partial charge is 0.251 e. The molecule has 2 aliphatic rings. The second-order valence-electron chi connectivity index (χ2n) is 7.23. The van der Waals surface area contributed by atoms with Crippen molar-refractivity contribution in [2.24, 2.45) is 0 Å². The molecule has 0 atom stereocenters. The van der Waals surface area contributed by atoms with Crippen LogP contribution < -0.4 is 10.2 Å². The van der Waals surface area contributed by atoms with Crippen LogP contribution in [0.2, 0.25) is 0 Å². The third-order valence-electron chi connectivity index (χ3n) is 5.20. The van der Waals surface area contributed by atoms with E-state index in [1.54, 1.807) is 36.5 Å². The van der Waals surface area contributed by atoms with Crippen molar-refractivity contribution in [2.75, 3.05) is 11.4 Å². The Hall–Kier alpha value is -3.22.